The van der Waals surface area contributed by atoms with Crippen LogP contribution in [0, 0.1) is 0 Å². The van der Waals surface area contributed by atoms with Crippen molar-refractivity contribution in [2.75, 3.05) is 49.5 Å². The maximum Gasteiger partial charge on any atom is 0.235 e. The van der Waals surface area contributed by atoms with Gasteiger partial charge in [-0.2, -0.15) is 5.10 Å². The molecule has 0 bridgehead atoms. The van der Waals surface area contributed by atoms with Crippen LogP contribution in [-0.4, -0.2) is 76.0 Å². The number of β-amino-alcohol motifs (C(OH)–C–C–N with tert-alkyl or cyclic N) is 1. The van der Waals surface area contributed by atoms with Crippen LogP contribution in [0.15, 0.2) is 36.7 Å². The number of benzene rings is 1. The Morgan fingerprint density at radius 1 is 1.20 bits per heavy atom. The van der Waals surface area contributed by atoms with Crippen molar-refractivity contribution in [3.8, 4) is 5.75 Å². The maximum atomic E-state index is 12.8. The third-order valence-electron chi connectivity index (χ3n) is 7.38. The normalized spacial score (nSPS) is 20.5. The number of rotatable bonds is 5. The highest BCUT2D eigenvalue weighted by atomic mass is 35.5. The number of carbonyl (C=O) groups excluding carboxylic acids is 1. The molecule has 9 nitrogen and oxygen atoms in total. The van der Waals surface area contributed by atoms with E-state index in [-0.39, 0.29) is 5.91 Å². The van der Waals surface area contributed by atoms with Gasteiger partial charge in [0.25, 0.3) is 0 Å². The number of halogens is 1. The molecule has 0 unspecified atom stereocenters. The predicted molar refractivity (Wildman–Crippen MR) is 133 cm³/mol. The number of fused-ring (bicyclic) bond motifs is 3. The Balaban J connectivity index is 1.06. The van der Waals surface area contributed by atoms with Gasteiger partial charge in [0, 0.05) is 35.7 Å². The number of ether oxygens (including phenoxy) is 1. The summed E-state index contributed by atoms with van der Waals surface area (Å²) in [5.41, 5.74) is 1.48. The molecule has 0 radical (unpaired) electrons. The molecule has 0 saturated carbocycles. The van der Waals surface area contributed by atoms with E-state index in [1.807, 2.05) is 29.2 Å². The van der Waals surface area contributed by atoms with Crippen LogP contribution in [0.4, 0.5) is 11.5 Å². The summed E-state index contributed by atoms with van der Waals surface area (Å²) in [6.45, 7) is 5.75. The number of amides is 1. The highest BCUT2D eigenvalue weighted by Crippen LogP contribution is 2.45. The number of carbonyl (C=O) groups is 1. The fourth-order valence-electron chi connectivity index (χ4n) is 5.49. The minimum Gasteiger partial charge on any atom is -0.491 e. The number of nitrogens with zero attached hydrogens (tertiary/aromatic N) is 5. The van der Waals surface area contributed by atoms with Crippen molar-refractivity contribution in [1.82, 2.24) is 20.1 Å². The molecule has 182 valence electrons. The van der Waals surface area contributed by atoms with Gasteiger partial charge in [-0.05, 0) is 62.7 Å². The van der Waals surface area contributed by atoms with E-state index in [1.165, 1.54) is 0 Å². The van der Waals surface area contributed by atoms with E-state index in [0.717, 1.165) is 54.6 Å². The van der Waals surface area contributed by atoms with Gasteiger partial charge in [0.2, 0.25) is 5.91 Å². The molecule has 35 heavy (non-hydrogen) atoms. The highest BCUT2D eigenvalue weighted by Gasteiger charge is 2.48. The van der Waals surface area contributed by atoms with Gasteiger partial charge in [0.1, 0.15) is 17.9 Å². The standard InChI is InChI=1S/C25H27ClN6O3/c1-24(34)14-32(15-24)22-21-16(12-28-30-22)10-18(13-27-21)35-9-8-31-6-4-25(5-7-31)19-11-17(26)2-3-20(19)29-23(25)33/h2-3,10-13,34H,4-9,14-15H2,1H3,(H,29,33). The molecule has 1 aromatic carbocycles. The maximum absolute atomic E-state index is 12.8. The van der Waals surface area contributed by atoms with Crippen LogP contribution >= 0.6 is 11.6 Å². The zero-order valence-electron chi connectivity index (χ0n) is 19.5. The second kappa shape index (κ2) is 8.29. The Morgan fingerprint density at radius 2 is 2.00 bits per heavy atom. The molecule has 6 rings (SSSR count). The van der Waals surface area contributed by atoms with Gasteiger partial charge in [0.05, 0.1) is 23.4 Å². The Labute approximate surface area is 208 Å². The largest absolute Gasteiger partial charge is 0.491 e. The number of hydrogen-bond acceptors (Lipinski definition) is 8. The summed E-state index contributed by atoms with van der Waals surface area (Å²) < 4.78 is 6.00. The van der Waals surface area contributed by atoms with Crippen molar-refractivity contribution in [1.29, 1.82) is 0 Å². The lowest BCUT2D eigenvalue weighted by molar-refractivity contribution is -0.122. The van der Waals surface area contributed by atoms with Crippen LogP contribution in [0.1, 0.15) is 25.3 Å². The summed E-state index contributed by atoms with van der Waals surface area (Å²) in [4.78, 5) is 21.7. The number of nitrogens with one attached hydrogen (secondary N) is 1. The zero-order chi connectivity index (χ0) is 24.2. The van der Waals surface area contributed by atoms with E-state index in [0.29, 0.717) is 36.3 Å². The number of piperidine rings is 1. The van der Waals surface area contributed by atoms with Crippen LogP contribution in [0.25, 0.3) is 10.9 Å². The van der Waals surface area contributed by atoms with Gasteiger partial charge in [0.15, 0.2) is 5.82 Å². The molecule has 3 aliphatic heterocycles. The lowest BCUT2D eigenvalue weighted by atomic mass is 9.73. The number of aliphatic hydroxyl groups is 1. The first-order valence-corrected chi connectivity index (χ1v) is 12.3. The molecule has 3 aliphatic rings. The molecule has 0 atom stereocenters. The number of likely N-dealkylation sites (tertiary alicyclic amines) is 1. The molecule has 5 heterocycles. The van der Waals surface area contributed by atoms with Gasteiger partial charge in [-0.3, -0.25) is 9.69 Å². The minimum absolute atomic E-state index is 0.0808. The fraction of sp³-hybridized carbons (Fsp3) is 0.440. The summed E-state index contributed by atoms with van der Waals surface area (Å²) in [5.74, 6) is 1.44. The number of aromatic nitrogens is 3. The quantitative estimate of drug-likeness (QED) is 0.558. The summed E-state index contributed by atoms with van der Waals surface area (Å²) in [6, 6.07) is 7.56. The number of pyridine rings is 1. The van der Waals surface area contributed by atoms with Crippen LogP contribution < -0.4 is 15.0 Å². The average molecular weight is 495 g/mol. The van der Waals surface area contributed by atoms with E-state index in [9.17, 15) is 9.90 Å². The van der Waals surface area contributed by atoms with E-state index in [4.69, 9.17) is 16.3 Å². The smallest absolute Gasteiger partial charge is 0.235 e. The molecule has 2 fully saturated rings. The third kappa shape index (κ3) is 3.97. The Bertz CT molecular complexity index is 1300. The Morgan fingerprint density at radius 3 is 2.77 bits per heavy atom. The van der Waals surface area contributed by atoms with E-state index < -0.39 is 11.0 Å². The number of anilines is 2. The van der Waals surface area contributed by atoms with Gasteiger partial charge in [-0.15, -0.1) is 5.10 Å². The average Bonchev–Trinajstić information content (AvgIpc) is 3.08. The van der Waals surface area contributed by atoms with Crippen molar-refractivity contribution in [2.24, 2.45) is 0 Å². The molecule has 0 aliphatic carbocycles. The molecule has 3 aromatic rings. The second-order valence-corrected chi connectivity index (χ2v) is 10.5. The fourth-order valence-corrected chi connectivity index (χ4v) is 5.66. The molecule has 1 amide bonds. The molecule has 2 aromatic heterocycles. The topological polar surface area (TPSA) is 104 Å². The predicted octanol–water partition coefficient (Wildman–Crippen LogP) is 2.61. The van der Waals surface area contributed by atoms with Crippen molar-refractivity contribution < 1.29 is 14.6 Å². The van der Waals surface area contributed by atoms with Crippen LogP contribution in [0.3, 0.4) is 0 Å². The van der Waals surface area contributed by atoms with Crippen molar-refractivity contribution in [2.45, 2.75) is 30.8 Å². The summed E-state index contributed by atoms with van der Waals surface area (Å²) >= 11 is 6.22. The minimum atomic E-state index is -0.695. The van der Waals surface area contributed by atoms with E-state index in [2.05, 4.69) is 25.4 Å². The third-order valence-corrected chi connectivity index (χ3v) is 7.62. The monoisotopic (exact) mass is 494 g/mol. The second-order valence-electron chi connectivity index (χ2n) is 10.0. The molecule has 10 heteroatoms. The van der Waals surface area contributed by atoms with Crippen molar-refractivity contribution in [3.63, 3.8) is 0 Å². The number of hydrogen-bond donors (Lipinski definition) is 2. The molecule has 2 N–H and O–H groups in total. The molecule has 1 spiro atoms. The lowest BCUT2D eigenvalue weighted by Crippen LogP contribution is -2.60. The first-order chi connectivity index (χ1) is 16.8. The van der Waals surface area contributed by atoms with Crippen LogP contribution in [0.5, 0.6) is 5.75 Å². The highest BCUT2D eigenvalue weighted by molar-refractivity contribution is 6.31. The van der Waals surface area contributed by atoms with E-state index in [1.54, 1.807) is 19.3 Å². The van der Waals surface area contributed by atoms with E-state index >= 15 is 0 Å². The molecule has 2 saturated heterocycles. The first-order valence-electron chi connectivity index (χ1n) is 11.9. The zero-order valence-corrected chi connectivity index (χ0v) is 20.3. The van der Waals surface area contributed by atoms with Crippen molar-refractivity contribution >= 4 is 39.9 Å². The van der Waals surface area contributed by atoms with Crippen LogP contribution in [-0.2, 0) is 10.2 Å². The Hall–Kier alpha value is -3.01. The molecular weight excluding hydrogens is 468 g/mol. The van der Waals surface area contributed by atoms with Gasteiger partial charge >= 0.3 is 0 Å². The summed E-state index contributed by atoms with van der Waals surface area (Å²) in [5, 5.41) is 22.9. The Kier molecular flexibility index (Phi) is 5.32. The first kappa shape index (κ1) is 22.5. The van der Waals surface area contributed by atoms with Crippen molar-refractivity contribution in [3.05, 3.63) is 47.2 Å². The van der Waals surface area contributed by atoms with Gasteiger partial charge in [-0.1, -0.05) is 11.6 Å². The summed E-state index contributed by atoms with van der Waals surface area (Å²) in [6.07, 6.45) is 4.90. The molecular formula is C25H27ClN6O3. The SMILES string of the molecule is CC1(O)CN(c2nncc3cc(OCCN4CCC5(CC4)C(=O)Nc4ccc(Cl)cc45)cnc23)C1. The summed E-state index contributed by atoms with van der Waals surface area (Å²) in [7, 11) is 0. The lowest BCUT2D eigenvalue weighted by Gasteiger charge is -2.44. The van der Waals surface area contributed by atoms with Gasteiger partial charge in [-0.25, -0.2) is 4.98 Å². The van der Waals surface area contributed by atoms with Crippen LogP contribution in [0.2, 0.25) is 5.02 Å². The van der Waals surface area contributed by atoms with Gasteiger partial charge < -0.3 is 20.1 Å².